The third kappa shape index (κ3) is 2.72. The molecule has 2 aliphatic rings. The summed E-state index contributed by atoms with van der Waals surface area (Å²) in [5, 5.41) is 5.67. The van der Waals surface area contributed by atoms with Crippen LogP contribution in [0.25, 0.3) is 0 Å². The van der Waals surface area contributed by atoms with Gasteiger partial charge >= 0.3 is 0 Å². The van der Waals surface area contributed by atoms with Gasteiger partial charge in [0.1, 0.15) is 0 Å². The molecule has 0 bridgehead atoms. The summed E-state index contributed by atoms with van der Waals surface area (Å²) in [6.07, 6.45) is 2.26. The van der Waals surface area contributed by atoms with Crippen LogP contribution in [0.3, 0.4) is 0 Å². The molecule has 0 aromatic rings. The summed E-state index contributed by atoms with van der Waals surface area (Å²) in [5.41, 5.74) is 0. The molecule has 0 spiro atoms. The zero-order chi connectivity index (χ0) is 11.5. The van der Waals surface area contributed by atoms with Crippen molar-refractivity contribution in [1.82, 2.24) is 10.6 Å². The van der Waals surface area contributed by atoms with Crippen LogP contribution in [0.4, 0.5) is 0 Å². The summed E-state index contributed by atoms with van der Waals surface area (Å²) < 4.78 is 5.41. The van der Waals surface area contributed by atoms with Crippen LogP contribution in [0.1, 0.15) is 26.2 Å². The van der Waals surface area contributed by atoms with Crippen LogP contribution in [0.5, 0.6) is 0 Å². The van der Waals surface area contributed by atoms with Crippen molar-refractivity contribution < 1.29 is 14.3 Å². The van der Waals surface area contributed by atoms with Crippen LogP contribution >= 0.6 is 0 Å². The van der Waals surface area contributed by atoms with E-state index in [4.69, 9.17) is 4.74 Å². The van der Waals surface area contributed by atoms with Crippen molar-refractivity contribution in [3.63, 3.8) is 0 Å². The fourth-order valence-electron chi connectivity index (χ4n) is 2.24. The predicted octanol–water partition coefficient (Wildman–Crippen LogP) is -0.194. The van der Waals surface area contributed by atoms with Crippen LogP contribution in [0, 0.1) is 5.92 Å². The highest BCUT2D eigenvalue weighted by Crippen LogP contribution is 2.15. The van der Waals surface area contributed by atoms with Gasteiger partial charge in [-0.1, -0.05) is 0 Å². The lowest BCUT2D eigenvalue weighted by molar-refractivity contribution is -0.127. The maximum Gasteiger partial charge on any atom is 0.225 e. The van der Waals surface area contributed by atoms with Crippen LogP contribution < -0.4 is 10.6 Å². The highest BCUT2D eigenvalue weighted by Gasteiger charge is 2.30. The number of ether oxygens (including phenoxy) is 1. The number of rotatable bonds is 2. The molecule has 2 heterocycles. The van der Waals surface area contributed by atoms with E-state index in [0.29, 0.717) is 19.6 Å². The van der Waals surface area contributed by atoms with Gasteiger partial charge in [-0.3, -0.25) is 9.59 Å². The molecule has 2 N–H and O–H groups in total. The smallest absolute Gasteiger partial charge is 0.225 e. The third-order valence-electron chi connectivity index (χ3n) is 3.18. The van der Waals surface area contributed by atoms with Crippen molar-refractivity contribution in [3.8, 4) is 0 Å². The van der Waals surface area contributed by atoms with E-state index in [2.05, 4.69) is 10.6 Å². The Morgan fingerprint density at radius 1 is 1.56 bits per heavy atom. The molecule has 5 nitrogen and oxygen atoms in total. The molecular formula is C11H18N2O3. The van der Waals surface area contributed by atoms with E-state index in [1.165, 1.54) is 0 Å². The molecule has 2 amide bonds. The van der Waals surface area contributed by atoms with Crippen molar-refractivity contribution >= 4 is 11.8 Å². The fraction of sp³-hybridized carbons (Fsp3) is 0.818. The number of hydrogen-bond donors (Lipinski definition) is 2. The maximum absolute atomic E-state index is 11.8. The van der Waals surface area contributed by atoms with Crippen molar-refractivity contribution in [2.24, 2.45) is 5.92 Å². The summed E-state index contributed by atoms with van der Waals surface area (Å²) >= 11 is 0. The first-order valence-corrected chi connectivity index (χ1v) is 5.84. The van der Waals surface area contributed by atoms with Gasteiger partial charge in [0.05, 0.1) is 12.0 Å². The van der Waals surface area contributed by atoms with Gasteiger partial charge in [-0.25, -0.2) is 0 Å². The van der Waals surface area contributed by atoms with E-state index in [1.807, 2.05) is 6.92 Å². The standard InChI is InChI=1S/C11H18N2O3/c1-7-4-9(2-3-16-7)13-11(15)8-5-10(14)12-6-8/h7-9H,2-6H2,1H3,(H,12,14)(H,13,15). The van der Waals surface area contributed by atoms with Crippen molar-refractivity contribution in [2.45, 2.75) is 38.3 Å². The molecule has 2 saturated heterocycles. The number of hydrogen-bond acceptors (Lipinski definition) is 3. The second kappa shape index (κ2) is 4.82. The van der Waals surface area contributed by atoms with E-state index >= 15 is 0 Å². The molecule has 3 atom stereocenters. The average Bonchev–Trinajstić information content (AvgIpc) is 2.65. The second-order valence-corrected chi connectivity index (χ2v) is 4.62. The normalized spacial score (nSPS) is 34.6. The quantitative estimate of drug-likeness (QED) is 0.685. The highest BCUT2D eigenvalue weighted by atomic mass is 16.5. The molecule has 90 valence electrons. The van der Waals surface area contributed by atoms with Crippen molar-refractivity contribution in [3.05, 3.63) is 0 Å². The molecule has 3 unspecified atom stereocenters. The second-order valence-electron chi connectivity index (χ2n) is 4.62. The minimum atomic E-state index is -0.189. The third-order valence-corrected chi connectivity index (χ3v) is 3.18. The van der Waals surface area contributed by atoms with Gasteiger partial charge in [-0.15, -0.1) is 0 Å². The molecule has 2 rings (SSSR count). The highest BCUT2D eigenvalue weighted by molar-refractivity contribution is 5.89. The van der Waals surface area contributed by atoms with Gasteiger partial charge in [0.2, 0.25) is 11.8 Å². The average molecular weight is 226 g/mol. The van der Waals surface area contributed by atoms with Gasteiger partial charge in [0, 0.05) is 25.6 Å². The van der Waals surface area contributed by atoms with Gasteiger partial charge < -0.3 is 15.4 Å². The molecule has 5 heteroatoms. The Bertz CT molecular complexity index is 293. The SMILES string of the molecule is CC1CC(NC(=O)C2CNC(=O)C2)CCO1. The molecule has 16 heavy (non-hydrogen) atoms. The minimum absolute atomic E-state index is 0.00236. The minimum Gasteiger partial charge on any atom is -0.378 e. The topological polar surface area (TPSA) is 67.4 Å². The van der Waals surface area contributed by atoms with E-state index in [0.717, 1.165) is 12.8 Å². The Kier molecular flexibility index (Phi) is 3.43. The van der Waals surface area contributed by atoms with E-state index in [-0.39, 0.29) is 29.9 Å². The maximum atomic E-state index is 11.8. The van der Waals surface area contributed by atoms with Crippen LogP contribution in [-0.4, -0.2) is 37.1 Å². The molecule has 2 aliphatic heterocycles. The summed E-state index contributed by atoms with van der Waals surface area (Å²) in [4.78, 5) is 22.8. The lowest BCUT2D eigenvalue weighted by atomic mass is 10.0. The summed E-state index contributed by atoms with van der Waals surface area (Å²) in [7, 11) is 0. The van der Waals surface area contributed by atoms with Crippen LogP contribution in [0.15, 0.2) is 0 Å². The summed E-state index contributed by atoms with van der Waals surface area (Å²) in [5.74, 6) is -0.219. The van der Waals surface area contributed by atoms with Gasteiger partial charge in [-0.05, 0) is 19.8 Å². The number of nitrogens with one attached hydrogen (secondary N) is 2. The zero-order valence-corrected chi connectivity index (χ0v) is 9.49. The summed E-state index contributed by atoms with van der Waals surface area (Å²) in [6, 6.07) is 0.201. The Morgan fingerprint density at radius 3 is 3.00 bits per heavy atom. The number of carbonyl (C=O) groups excluding carboxylic acids is 2. The Morgan fingerprint density at radius 2 is 2.38 bits per heavy atom. The van der Waals surface area contributed by atoms with Gasteiger partial charge in [0.15, 0.2) is 0 Å². The first kappa shape index (κ1) is 11.4. The molecule has 0 radical (unpaired) electrons. The van der Waals surface area contributed by atoms with Crippen molar-refractivity contribution in [1.29, 1.82) is 0 Å². The number of amides is 2. The molecule has 2 fully saturated rings. The molecule has 0 aromatic heterocycles. The van der Waals surface area contributed by atoms with E-state index in [1.54, 1.807) is 0 Å². The molecule has 0 aliphatic carbocycles. The Hall–Kier alpha value is -1.10. The Balaban J connectivity index is 1.80. The first-order valence-electron chi connectivity index (χ1n) is 5.84. The monoisotopic (exact) mass is 226 g/mol. The van der Waals surface area contributed by atoms with Gasteiger partial charge in [0.25, 0.3) is 0 Å². The zero-order valence-electron chi connectivity index (χ0n) is 9.49. The van der Waals surface area contributed by atoms with E-state index < -0.39 is 0 Å². The number of carbonyl (C=O) groups is 2. The largest absolute Gasteiger partial charge is 0.378 e. The van der Waals surface area contributed by atoms with Crippen LogP contribution in [0.2, 0.25) is 0 Å². The van der Waals surface area contributed by atoms with E-state index in [9.17, 15) is 9.59 Å². The molecule has 0 aromatic carbocycles. The summed E-state index contributed by atoms with van der Waals surface area (Å²) in [6.45, 7) is 3.19. The lowest BCUT2D eigenvalue weighted by Gasteiger charge is -2.28. The van der Waals surface area contributed by atoms with Crippen molar-refractivity contribution in [2.75, 3.05) is 13.2 Å². The molecule has 0 saturated carbocycles. The molecular weight excluding hydrogens is 208 g/mol. The van der Waals surface area contributed by atoms with Crippen LogP contribution in [-0.2, 0) is 14.3 Å². The lowest BCUT2D eigenvalue weighted by Crippen LogP contribution is -2.44. The fourth-order valence-corrected chi connectivity index (χ4v) is 2.24. The predicted molar refractivity (Wildman–Crippen MR) is 57.7 cm³/mol. The Labute approximate surface area is 94.9 Å². The first-order chi connectivity index (χ1) is 7.65. The van der Waals surface area contributed by atoms with Gasteiger partial charge in [-0.2, -0.15) is 0 Å².